The van der Waals surface area contributed by atoms with Gasteiger partial charge in [0.05, 0.1) is 0 Å². The largest absolute Gasteiger partial charge is 0.299 e. The second-order valence-corrected chi connectivity index (χ2v) is 10.0. The zero-order chi connectivity index (χ0) is 25.3. The monoisotopic (exact) mass is 484 g/mol. The van der Waals surface area contributed by atoms with E-state index < -0.39 is 11.8 Å². The lowest BCUT2D eigenvalue weighted by Crippen LogP contribution is -2.46. The first-order valence-electron chi connectivity index (χ1n) is 13.0. The summed E-state index contributed by atoms with van der Waals surface area (Å²) in [6.07, 6.45) is 11.1. The molecule has 0 saturated heterocycles. The van der Waals surface area contributed by atoms with E-state index in [-0.39, 0.29) is 36.2 Å². The van der Waals surface area contributed by atoms with Crippen LogP contribution >= 0.6 is 0 Å². The molecule has 1 fully saturated rings. The lowest BCUT2D eigenvalue weighted by Gasteiger charge is -2.34. The van der Waals surface area contributed by atoms with Crippen LogP contribution in [0.1, 0.15) is 49.7 Å². The summed E-state index contributed by atoms with van der Waals surface area (Å²) in [5.74, 6) is 4.56. The molecular formula is C31H36N2O3. The van der Waals surface area contributed by atoms with E-state index in [9.17, 15) is 14.4 Å². The number of hydrogen-bond acceptors (Lipinski definition) is 4. The smallest absolute Gasteiger partial charge is 0.237 e. The predicted octanol–water partition coefficient (Wildman–Crippen LogP) is 5.01. The predicted molar refractivity (Wildman–Crippen MR) is 142 cm³/mol. The molecule has 0 heterocycles. The van der Waals surface area contributed by atoms with Crippen LogP contribution in [0.25, 0.3) is 0 Å². The van der Waals surface area contributed by atoms with Crippen LogP contribution in [0.3, 0.4) is 0 Å². The number of benzene rings is 2. The molecular weight excluding hydrogens is 448 g/mol. The Balaban J connectivity index is 1.46. The molecule has 0 aliphatic heterocycles. The maximum Gasteiger partial charge on any atom is 0.237 e. The molecule has 3 unspecified atom stereocenters. The van der Waals surface area contributed by atoms with Gasteiger partial charge >= 0.3 is 0 Å². The van der Waals surface area contributed by atoms with Crippen LogP contribution in [0.5, 0.6) is 0 Å². The van der Waals surface area contributed by atoms with Gasteiger partial charge in [0, 0.05) is 37.1 Å². The molecule has 36 heavy (non-hydrogen) atoms. The van der Waals surface area contributed by atoms with Gasteiger partial charge in [-0.2, -0.15) is 0 Å². The number of ketones is 2. The Hall–Kier alpha value is -3.31. The van der Waals surface area contributed by atoms with Gasteiger partial charge in [-0.1, -0.05) is 84.5 Å². The molecule has 4 rings (SSSR count). The fourth-order valence-electron chi connectivity index (χ4n) is 5.42. The van der Waals surface area contributed by atoms with Crippen LogP contribution in [-0.2, 0) is 27.2 Å². The Kier molecular flexibility index (Phi) is 9.01. The highest BCUT2D eigenvalue weighted by atomic mass is 16.2. The van der Waals surface area contributed by atoms with Gasteiger partial charge in [0.25, 0.3) is 0 Å². The topological polar surface area (TPSA) is 80.5 Å². The molecule has 0 bridgehead atoms. The minimum Gasteiger partial charge on any atom is -0.299 e. The molecule has 2 N–H and O–H groups in total. The third-order valence-electron chi connectivity index (χ3n) is 7.52. The third kappa shape index (κ3) is 6.88. The van der Waals surface area contributed by atoms with Crippen molar-refractivity contribution in [3.05, 3.63) is 95.6 Å². The van der Waals surface area contributed by atoms with Crippen molar-refractivity contribution in [2.45, 2.75) is 51.4 Å². The van der Waals surface area contributed by atoms with Crippen molar-refractivity contribution in [3.8, 4) is 0 Å². The summed E-state index contributed by atoms with van der Waals surface area (Å²) in [6, 6.07) is 19.7. The van der Waals surface area contributed by atoms with Crippen LogP contribution in [-0.4, -0.2) is 29.0 Å². The normalized spacial score (nSPS) is 21.8. The molecule has 5 heteroatoms. The van der Waals surface area contributed by atoms with E-state index in [0.29, 0.717) is 25.8 Å². The fourth-order valence-corrected chi connectivity index (χ4v) is 5.42. The van der Waals surface area contributed by atoms with Gasteiger partial charge in [-0.3, -0.25) is 19.4 Å². The number of hydrazine groups is 1. The Bertz CT molecular complexity index is 1110. The summed E-state index contributed by atoms with van der Waals surface area (Å²) in [7, 11) is 0. The van der Waals surface area contributed by atoms with Crippen molar-refractivity contribution in [2.24, 2.45) is 23.6 Å². The fraction of sp³-hybridized carbons (Fsp3) is 0.387. The SMILES string of the molecule is NN(CCc1ccccc1)C(=O)CC1C(=O)C(Cc2ccccc2)CC(=O)C1CCC1=CC=CCC1. The number of nitrogens with zero attached hydrogens (tertiary/aromatic N) is 1. The number of rotatable bonds is 10. The maximum absolute atomic E-state index is 13.7. The first kappa shape index (κ1) is 25.8. The lowest BCUT2D eigenvalue weighted by atomic mass is 9.67. The van der Waals surface area contributed by atoms with Crippen molar-refractivity contribution in [3.63, 3.8) is 0 Å². The zero-order valence-electron chi connectivity index (χ0n) is 20.9. The number of carbonyl (C=O) groups excluding carboxylic acids is 3. The molecule has 0 radical (unpaired) electrons. The summed E-state index contributed by atoms with van der Waals surface area (Å²) in [6.45, 7) is 0.370. The molecule has 2 aromatic carbocycles. The van der Waals surface area contributed by atoms with E-state index in [2.05, 4.69) is 18.2 Å². The number of nitrogens with two attached hydrogens (primary N) is 1. The van der Waals surface area contributed by atoms with E-state index in [0.717, 1.165) is 30.4 Å². The van der Waals surface area contributed by atoms with Crippen molar-refractivity contribution in [1.29, 1.82) is 0 Å². The molecule has 1 amide bonds. The summed E-state index contributed by atoms with van der Waals surface area (Å²) in [5, 5.41) is 1.22. The molecule has 188 valence electrons. The maximum atomic E-state index is 13.7. The highest BCUT2D eigenvalue weighted by molar-refractivity contribution is 6.00. The van der Waals surface area contributed by atoms with E-state index in [1.54, 1.807) is 0 Å². The van der Waals surface area contributed by atoms with Gasteiger partial charge < -0.3 is 0 Å². The molecule has 2 aliphatic carbocycles. The number of hydrogen-bond donors (Lipinski definition) is 1. The molecule has 5 nitrogen and oxygen atoms in total. The molecule has 2 aromatic rings. The summed E-state index contributed by atoms with van der Waals surface area (Å²) in [5.41, 5.74) is 3.44. The van der Waals surface area contributed by atoms with Crippen LogP contribution in [0.4, 0.5) is 0 Å². The molecule has 0 aromatic heterocycles. The van der Waals surface area contributed by atoms with Gasteiger partial charge in [-0.25, -0.2) is 5.84 Å². The summed E-state index contributed by atoms with van der Waals surface area (Å²) < 4.78 is 0. The Morgan fingerprint density at radius 2 is 1.61 bits per heavy atom. The van der Waals surface area contributed by atoms with Gasteiger partial charge in [0.1, 0.15) is 11.6 Å². The van der Waals surface area contributed by atoms with Gasteiger partial charge in [-0.05, 0) is 49.7 Å². The molecule has 0 spiro atoms. The average Bonchev–Trinajstić information content (AvgIpc) is 2.91. The zero-order valence-corrected chi connectivity index (χ0v) is 20.9. The van der Waals surface area contributed by atoms with Crippen molar-refractivity contribution in [2.75, 3.05) is 6.54 Å². The second kappa shape index (κ2) is 12.6. The highest BCUT2D eigenvalue weighted by Gasteiger charge is 2.44. The third-order valence-corrected chi connectivity index (χ3v) is 7.52. The van der Waals surface area contributed by atoms with E-state index >= 15 is 0 Å². The Labute approximate surface area is 214 Å². The summed E-state index contributed by atoms with van der Waals surface area (Å²) >= 11 is 0. The molecule has 1 saturated carbocycles. The van der Waals surface area contributed by atoms with E-state index in [1.807, 2.05) is 60.7 Å². The lowest BCUT2D eigenvalue weighted by molar-refractivity contribution is -0.146. The minimum absolute atomic E-state index is 0.00916. The molecule has 2 aliphatic rings. The highest BCUT2D eigenvalue weighted by Crippen LogP contribution is 2.37. The van der Waals surface area contributed by atoms with Gasteiger partial charge in [0.15, 0.2) is 0 Å². The van der Waals surface area contributed by atoms with E-state index in [4.69, 9.17) is 5.84 Å². The minimum atomic E-state index is -0.616. The van der Waals surface area contributed by atoms with Crippen molar-refractivity contribution < 1.29 is 14.4 Å². The Morgan fingerprint density at radius 1 is 0.917 bits per heavy atom. The first-order chi connectivity index (χ1) is 17.5. The number of allylic oxidation sites excluding steroid dienone is 4. The number of Topliss-reactive ketones (excluding diaryl/α,β-unsaturated/α-hetero) is 2. The average molecular weight is 485 g/mol. The Morgan fingerprint density at radius 3 is 2.28 bits per heavy atom. The van der Waals surface area contributed by atoms with E-state index in [1.165, 1.54) is 10.6 Å². The van der Waals surface area contributed by atoms with Gasteiger partial charge in [0.2, 0.25) is 5.91 Å². The van der Waals surface area contributed by atoms with Crippen molar-refractivity contribution in [1.82, 2.24) is 5.01 Å². The van der Waals surface area contributed by atoms with Crippen LogP contribution < -0.4 is 5.84 Å². The van der Waals surface area contributed by atoms with Gasteiger partial charge in [-0.15, -0.1) is 0 Å². The number of amides is 1. The quantitative estimate of drug-likeness (QED) is 0.292. The van der Waals surface area contributed by atoms with Crippen LogP contribution in [0.15, 0.2) is 84.5 Å². The van der Waals surface area contributed by atoms with Crippen molar-refractivity contribution >= 4 is 17.5 Å². The molecule has 3 atom stereocenters. The van der Waals surface area contributed by atoms with Crippen LogP contribution in [0.2, 0.25) is 0 Å². The van der Waals surface area contributed by atoms with Crippen LogP contribution in [0, 0.1) is 17.8 Å². The second-order valence-electron chi connectivity index (χ2n) is 10.0. The number of carbonyl (C=O) groups is 3. The first-order valence-corrected chi connectivity index (χ1v) is 13.0. The standard InChI is InChI=1S/C31H36N2O3/c32-33(19-18-24-12-6-2-7-13-24)30(35)22-28-27(17-16-23-10-4-1-5-11-23)29(34)21-26(31(28)36)20-25-14-8-3-9-15-25/h1-4,6-10,12-15,26-28H,5,11,16-22,32H2. The summed E-state index contributed by atoms with van der Waals surface area (Å²) in [4.78, 5) is 40.1.